The SMILES string of the molecule is CC(=O)C(NC(=O)C(N)c1ccccc1)C1NC(C(=O)O)C(C)(C)S1. The summed E-state index contributed by atoms with van der Waals surface area (Å²) in [6, 6.07) is 6.26. The molecule has 4 atom stereocenters. The molecule has 136 valence electrons. The van der Waals surface area contributed by atoms with E-state index in [0.717, 1.165) is 0 Å². The summed E-state index contributed by atoms with van der Waals surface area (Å²) < 4.78 is -0.615. The largest absolute Gasteiger partial charge is 0.480 e. The quantitative estimate of drug-likeness (QED) is 0.584. The van der Waals surface area contributed by atoms with E-state index in [0.29, 0.717) is 5.56 Å². The van der Waals surface area contributed by atoms with Gasteiger partial charge in [0.05, 0.1) is 5.37 Å². The molecule has 5 N–H and O–H groups in total. The number of hydrogen-bond acceptors (Lipinski definition) is 6. The molecule has 8 heteroatoms. The first-order valence-corrected chi connectivity index (χ1v) is 8.79. The maximum atomic E-state index is 12.5. The van der Waals surface area contributed by atoms with E-state index in [-0.39, 0.29) is 5.78 Å². The molecule has 0 spiro atoms. The van der Waals surface area contributed by atoms with E-state index in [4.69, 9.17) is 5.73 Å². The maximum Gasteiger partial charge on any atom is 0.322 e. The number of nitrogens with two attached hydrogens (primary N) is 1. The zero-order valence-electron chi connectivity index (χ0n) is 14.4. The van der Waals surface area contributed by atoms with Crippen LogP contribution in [-0.2, 0) is 14.4 Å². The van der Waals surface area contributed by atoms with Crippen molar-refractivity contribution in [2.75, 3.05) is 0 Å². The molecule has 1 amide bonds. The number of Topliss-reactive ketones (excluding diaryl/α,β-unsaturated/α-hetero) is 1. The van der Waals surface area contributed by atoms with E-state index in [9.17, 15) is 19.5 Å². The average molecular weight is 365 g/mol. The van der Waals surface area contributed by atoms with Crippen LogP contribution in [0.3, 0.4) is 0 Å². The van der Waals surface area contributed by atoms with Gasteiger partial charge in [-0.3, -0.25) is 19.7 Å². The summed E-state index contributed by atoms with van der Waals surface area (Å²) in [5, 5.41) is 14.4. The Morgan fingerprint density at radius 1 is 1.28 bits per heavy atom. The topological polar surface area (TPSA) is 122 Å². The summed E-state index contributed by atoms with van der Waals surface area (Å²) >= 11 is 1.32. The van der Waals surface area contributed by atoms with Crippen molar-refractivity contribution in [1.29, 1.82) is 0 Å². The van der Waals surface area contributed by atoms with Gasteiger partial charge in [0, 0.05) is 4.75 Å². The zero-order valence-corrected chi connectivity index (χ0v) is 15.2. The predicted molar refractivity (Wildman–Crippen MR) is 96.0 cm³/mol. The fourth-order valence-corrected chi connectivity index (χ4v) is 4.33. The van der Waals surface area contributed by atoms with Crippen LogP contribution in [0.2, 0.25) is 0 Å². The molecular weight excluding hydrogens is 342 g/mol. The molecule has 1 saturated heterocycles. The Morgan fingerprint density at radius 2 is 1.88 bits per heavy atom. The fourth-order valence-electron chi connectivity index (χ4n) is 2.77. The summed E-state index contributed by atoms with van der Waals surface area (Å²) in [7, 11) is 0. The minimum atomic E-state index is -0.991. The number of benzene rings is 1. The smallest absolute Gasteiger partial charge is 0.322 e. The van der Waals surface area contributed by atoms with Crippen molar-refractivity contribution in [1.82, 2.24) is 10.6 Å². The second-order valence-corrected chi connectivity index (χ2v) is 8.36. The molecule has 0 saturated carbocycles. The molecule has 1 heterocycles. The number of aliphatic carboxylic acids is 1. The number of carbonyl (C=O) groups excluding carboxylic acids is 2. The maximum absolute atomic E-state index is 12.5. The first kappa shape index (κ1) is 19.4. The average Bonchev–Trinajstić information content (AvgIpc) is 2.87. The van der Waals surface area contributed by atoms with E-state index >= 15 is 0 Å². The van der Waals surface area contributed by atoms with E-state index in [1.54, 1.807) is 38.1 Å². The molecule has 7 nitrogen and oxygen atoms in total. The third-order valence-electron chi connectivity index (χ3n) is 4.18. The predicted octanol–water partition coefficient (Wildman–Crippen LogP) is 0.655. The minimum Gasteiger partial charge on any atom is -0.480 e. The Bertz CT molecular complexity index is 665. The van der Waals surface area contributed by atoms with Crippen LogP contribution in [0, 0.1) is 0 Å². The fraction of sp³-hybridized carbons (Fsp3) is 0.471. The van der Waals surface area contributed by atoms with Gasteiger partial charge in [-0.1, -0.05) is 30.3 Å². The van der Waals surface area contributed by atoms with Gasteiger partial charge in [0.15, 0.2) is 5.78 Å². The molecule has 1 aliphatic heterocycles. The standard InChI is InChI=1S/C17H23N3O4S/c1-9(21)12(15-20-13(16(23)24)17(2,3)25-15)19-14(22)11(18)10-7-5-4-6-8-10/h4-8,11-13,15,20H,18H2,1-3H3,(H,19,22)(H,23,24). The highest BCUT2D eigenvalue weighted by Crippen LogP contribution is 2.39. The van der Waals surface area contributed by atoms with Crippen LogP contribution in [-0.4, -0.2) is 45.0 Å². The molecule has 0 bridgehead atoms. The van der Waals surface area contributed by atoms with Crippen molar-refractivity contribution in [2.45, 2.75) is 49.0 Å². The van der Waals surface area contributed by atoms with Gasteiger partial charge in [-0.05, 0) is 26.3 Å². The molecule has 25 heavy (non-hydrogen) atoms. The Balaban J connectivity index is 2.13. The zero-order chi connectivity index (χ0) is 18.8. The van der Waals surface area contributed by atoms with Crippen molar-refractivity contribution in [3.8, 4) is 0 Å². The van der Waals surface area contributed by atoms with Gasteiger partial charge in [-0.15, -0.1) is 11.8 Å². The number of ketones is 1. The van der Waals surface area contributed by atoms with E-state index < -0.39 is 40.1 Å². The van der Waals surface area contributed by atoms with Crippen LogP contribution in [0.4, 0.5) is 0 Å². The molecule has 2 rings (SSSR count). The molecule has 0 radical (unpaired) electrons. The number of hydrogen-bond donors (Lipinski definition) is 4. The molecule has 1 aromatic carbocycles. The molecule has 1 aliphatic rings. The Hall–Kier alpha value is -1.90. The van der Waals surface area contributed by atoms with Crippen LogP contribution in [0.1, 0.15) is 32.4 Å². The summed E-state index contributed by atoms with van der Waals surface area (Å²) in [5.41, 5.74) is 6.61. The van der Waals surface area contributed by atoms with Gasteiger partial charge in [0.1, 0.15) is 18.1 Å². The Kier molecular flexibility index (Phi) is 5.87. The number of amides is 1. The summed E-state index contributed by atoms with van der Waals surface area (Å²) in [5.74, 6) is -1.74. The highest BCUT2D eigenvalue weighted by molar-refractivity contribution is 8.01. The third-order valence-corrected chi connectivity index (χ3v) is 5.69. The third kappa shape index (κ3) is 4.39. The number of carbonyl (C=O) groups is 3. The van der Waals surface area contributed by atoms with E-state index in [1.165, 1.54) is 18.7 Å². The van der Waals surface area contributed by atoms with Gasteiger partial charge in [0.25, 0.3) is 0 Å². The first-order chi connectivity index (χ1) is 11.6. The van der Waals surface area contributed by atoms with Gasteiger partial charge >= 0.3 is 5.97 Å². The van der Waals surface area contributed by atoms with Gasteiger partial charge in [-0.2, -0.15) is 0 Å². The van der Waals surface area contributed by atoms with Crippen LogP contribution in [0.25, 0.3) is 0 Å². The van der Waals surface area contributed by atoms with Crippen LogP contribution in [0.15, 0.2) is 30.3 Å². The van der Waals surface area contributed by atoms with Gasteiger partial charge < -0.3 is 16.2 Å². The summed E-state index contributed by atoms with van der Waals surface area (Å²) in [6.45, 7) is 4.94. The number of thioether (sulfide) groups is 1. The number of rotatable bonds is 6. The Morgan fingerprint density at radius 3 is 2.36 bits per heavy atom. The van der Waals surface area contributed by atoms with Crippen molar-refractivity contribution < 1.29 is 19.5 Å². The molecule has 0 aromatic heterocycles. The molecule has 1 aromatic rings. The lowest BCUT2D eigenvalue weighted by Crippen LogP contribution is -2.54. The number of carboxylic acids is 1. The van der Waals surface area contributed by atoms with E-state index in [2.05, 4.69) is 10.6 Å². The highest BCUT2D eigenvalue weighted by Gasteiger charge is 2.48. The van der Waals surface area contributed by atoms with Gasteiger partial charge in [-0.25, -0.2) is 0 Å². The number of nitrogens with one attached hydrogen (secondary N) is 2. The summed E-state index contributed by atoms with van der Waals surface area (Å²) in [4.78, 5) is 35.9. The van der Waals surface area contributed by atoms with Crippen molar-refractivity contribution in [2.24, 2.45) is 5.73 Å². The van der Waals surface area contributed by atoms with Crippen molar-refractivity contribution in [3.63, 3.8) is 0 Å². The lowest BCUT2D eigenvalue weighted by atomic mass is 10.0. The molecule has 0 aliphatic carbocycles. The highest BCUT2D eigenvalue weighted by atomic mass is 32.2. The monoisotopic (exact) mass is 365 g/mol. The normalized spacial score (nSPS) is 24.3. The lowest BCUT2D eigenvalue weighted by molar-refractivity contribution is -0.140. The molecular formula is C17H23N3O4S. The lowest BCUT2D eigenvalue weighted by Gasteiger charge is -2.24. The van der Waals surface area contributed by atoms with Crippen LogP contribution >= 0.6 is 11.8 Å². The van der Waals surface area contributed by atoms with Crippen molar-refractivity contribution >= 4 is 29.4 Å². The second kappa shape index (κ2) is 7.55. The van der Waals surface area contributed by atoms with Crippen LogP contribution < -0.4 is 16.4 Å². The molecule has 1 fully saturated rings. The Labute approximate surface area is 150 Å². The summed E-state index contributed by atoms with van der Waals surface area (Å²) in [6.07, 6.45) is 0. The number of carboxylic acid groups (broad SMARTS) is 1. The first-order valence-electron chi connectivity index (χ1n) is 7.91. The second-order valence-electron chi connectivity index (χ2n) is 6.57. The van der Waals surface area contributed by atoms with Gasteiger partial charge in [0.2, 0.25) is 5.91 Å². The molecule has 4 unspecified atom stereocenters. The van der Waals surface area contributed by atoms with Crippen LogP contribution in [0.5, 0.6) is 0 Å². The minimum absolute atomic E-state index is 0.263. The van der Waals surface area contributed by atoms with E-state index in [1.807, 2.05) is 6.07 Å². The van der Waals surface area contributed by atoms with Crippen molar-refractivity contribution in [3.05, 3.63) is 35.9 Å².